The van der Waals surface area contributed by atoms with Crippen LogP contribution in [0, 0.1) is 0 Å². The molecule has 86 valence electrons. The van der Waals surface area contributed by atoms with E-state index in [1.54, 1.807) is 11.5 Å². The first-order chi connectivity index (χ1) is 7.48. The molecule has 1 aromatic heterocycles. The molecule has 0 saturated carbocycles. The van der Waals surface area contributed by atoms with Crippen molar-refractivity contribution in [2.45, 2.75) is 11.1 Å². The zero-order chi connectivity index (χ0) is 11.8. The van der Waals surface area contributed by atoms with Crippen molar-refractivity contribution in [3.63, 3.8) is 0 Å². The highest BCUT2D eigenvalue weighted by molar-refractivity contribution is 8.23. The normalized spacial score (nSPS) is 22.2. The smallest absolute Gasteiger partial charge is 0.245 e. The van der Waals surface area contributed by atoms with Gasteiger partial charge in [-0.2, -0.15) is 24.1 Å². The van der Waals surface area contributed by atoms with Crippen molar-refractivity contribution in [1.82, 2.24) is 4.98 Å². The summed E-state index contributed by atoms with van der Waals surface area (Å²) >= 11 is 5.66. The Morgan fingerprint density at radius 1 is 1.31 bits per heavy atom. The molecule has 1 unspecified atom stereocenters. The lowest BCUT2D eigenvalue weighted by Gasteiger charge is -2.20. The number of allylic oxidation sites excluding steroid dienone is 3. The molecule has 0 amide bonds. The van der Waals surface area contributed by atoms with E-state index >= 15 is 0 Å². The lowest BCUT2D eigenvalue weighted by molar-refractivity contribution is -0.0836. The van der Waals surface area contributed by atoms with Crippen molar-refractivity contribution in [3.8, 4) is 0 Å². The fraction of sp³-hybridized carbons (Fsp3) is 0.100. The minimum Gasteiger partial charge on any atom is -0.245 e. The third-order valence-corrected chi connectivity index (χ3v) is 4.46. The molecule has 1 nitrogen and oxygen atoms in total. The summed E-state index contributed by atoms with van der Waals surface area (Å²) < 4.78 is 38.0. The Labute approximate surface area is 98.0 Å². The molecule has 0 aromatic carbocycles. The number of aromatic nitrogens is 1. The standard InChI is InChI=1S/C10H7ClF3NS/c11-9-6-7(3-4-15-9)16-5-1-2-8(16)10(12,13)14/h1-6,16H. The Bertz CT molecular complexity index is 467. The summed E-state index contributed by atoms with van der Waals surface area (Å²) in [6.45, 7) is 0. The second-order valence-electron chi connectivity index (χ2n) is 3.10. The number of pyridine rings is 1. The van der Waals surface area contributed by atoms with Gasteiger partial charge in [-0.25, -0.2) is 4.98 Å². The van der Waals surface area contributed by atoms with Crippen LogP contribution in [0.25, 0.3) is 0 Å². The van der Waals surface area contributed by atoms with Crippen LogP contribution in [0.15, 0.2) is 45.7 Å². The molecule has 0 radical (unpaired) electrons. The molecule has 0 spiro atoms. The highest BCUT2D eigenvalue weighted by Crippen LogP contribution is 2.54. The van der Waals surface area contributed by atoms with E-state index in [1.165, 1.54) is 18.3 Å². The molecule has 2 heterocycles. The van der Waals surface area contributed by atoms with E-state index in [1.807, 2.05) is 0 Å². The lowest BCUT2D eigenvalue weighted by atomic mass is 10.5. The molecule has 1 aromatic rings. The molecule has 0 bridgehead atoms. The number of hydrogen-bond donors (Lipinski definition) is 1. The zero-order valence-electron chi connectivity index (χ0n) is 7.87. The quantitative estimate of drug-likeness (QED) is 0.597. The van der Waals surface area contributed by atoms with Crippen molar-refractivity contribution in [2.75, 3.05) is 0 Å². The van der Waals surface area contributed by atoms with Gasteiger partial charge in [-0.05, 0) is 28.5 Å². The van der Waals surface area contributed by atoms with Crippen LogP contribution in [0.4, 0.5) is 13.2 Å². The van der Waals surface area contributed by atoms with Crippen molar-refractivity contribution < 1.29 is 13.2 Å². The number of halogens is 4. The topological polar surface area (TPSA) is 12.9 Å². The lowest BCUT2D eigenvalue weighted by Crippen LogP contribution is -2.10. The fourth-order valence-corrected chi connectivity index (χ4v) is 3.51. The molecular formula is C10H7ClF3NS. The zero-order valence-corrected chi connectivity index (χ0v) is 9.52. The van der Waals surface area contributed by atoms with Gasteiger partial charge in [0.05, 0.1) is 4.91 Å². The van der Waals surface area contributed by atoms with Crippen molar-refractivity contribution in [3.05, 3.63) is 45.9 Å². The molecule has 2 rings (SSSR count). The van der Waals surface area contributed by atoms with Gasteiger partial charge >= 0.3 is 6.18 Å². The van der Waals surface area contributed by atoms with Crippen LogP contribution in [-0.2, 0) is 0 Å². The molecule has 16 heavy (non-hydrogen) atoms. The van der Waals surface area contributed by atoms with Gasteiger partial charge in [0, 0.05) is 6.20 Å². The van der Waals surface area contributed by atoms with Gasteiger partial charge in [0.1, 0.15) is 5.15 Å². The summed E-state index contributed by atoms with van der Waals surface area (Å²) in [7, 11) is -1.48. The van der Waals surface area contributed by atoms with E-state index in [0.29, 0.717) is 4.90 Å². The fourth-order valence-electron chi connectivity index (χ4n) is 1.38. The number of alkyl halides is 3. The van der Waals surface area contributed by atoms with Crippen LogP contribution in [0.3, 0.4) is 0 Å². The van der Waals surface area contributed by atoms with Crippen LogP contribution in [-0.4, -0.2) is 11.2 Å². The molecule has 6 heteroatoms. The highest BCUT2D eigenvalue weighted by Gasteiger charge is 2.38. The number of hydrogen-bond acceptors (Lipinski definition) is 1. The Morgan fingerprint density at radius 3 is 2.69 bits per heavy atom. The minimum atomic E-state index is -4.29. The van der Waals surface area contributed by atoms with E-state index in [-0.39, 0.29) is 5.15 Å². The maximum absolute atomic E-state index is 12.7. The summed E-state index contributed by atoms with van der Waals surface area (Å²) in [4.78, 5) is 3.80. The average molecular weight is 266 g/mol. The van der Waals surface area contributed by atoms with Crippen molar-refractivity contribution in [2.24, 2.45) is 0 Å². The Kier molecular flexibility index (Phi) is 2.99. The Hall–Kier alpha value is -0.940. The van der Waals surface area contributed by atoms with Crippen molar-refractivity contribution >= 4 is 22.5 Å². The van der Waals surface area contributed by atoms with Gasteiger partial charge in [0.2, 0.25) is 0 Å². The predicted octanol–water partition coefficient (Wildman–Crippen LogP) is 4.07. The van der Waals surface area contributed by atoms with Crippen LogP contribution in [0.2, 0.25) is 5.15 Å². The maximum atomic E-state index is 12.7. The molecule has 1 atom stereocenters. The molecule has 0 saturated heterocycles. The number of nitrogens with zero attached hydrogens (tertiary/aromatic N) is 1. The first kappa shape index (κ1) is 11.5. The second-order valence-corrected chi connectivity index (χ2v) is 5.52. The summed E-state index contributed by atoms with van der Waals surface area (Å²) in [6, 6.07) is 3.04. The minimum absolute atomic E-state index is 0.210. The Morgan fingerprint density at radius 2 is 2.06 bits per heavy atom. The molecule has 1 aliphatic heterocycles. The van der Waals surface area contributed by atoms with Crippen LogP contribution < -0.4 is 0 Å². The van der Waals surface area contributed by atoms with Gasteiger partial charge in [-0.3, -0.25) is 0 Å². The van der Waals surface area contributed by atoms with E-state index in [0.717, 1.165) is 6.08 Å². The third-order valence-electron chi connectivity index (χ3n) is 2.03. The van der Waals surface area contributed by atoms with Crippen LogP contribution >= 0.6 is 22.5 Å². The monoisotopic (exact) mass is 265 g/mol. The molecular weight excluding hydrogens is 259 g/mol. The number of rotatable bonds is 1. The average Bonchev–Trinajstić information content (AvgIpc) is 2.65. The largest absolute Gasteiger partial charge is 0.421 e. The Balaban J connectivity index is 2.36. The molecule has 0 aliphatic carbocycles. The second kappa shape index (κ2) is 4.14. The molecule has 1 aliphatic rings. The summed E-state index contributed by atoms with van der Waals surface area (Å²) in [5.74, 6) is 0. The van der Waals surface area contributed by atoms with Crippen LogP contribution in [0.1, 0.15) is 0 Å². The third kappa shape index (κ3) is 2.25. The van der Waals surface area contributed by atoms with Crippen LogP contribution in [0.5, 0.6) is 0 Å². The van der Waals surface area contributed by atoms with Gasteiger partial charge in [0.25, 0.3) is 0 Å². The SMILES string of the molecule is FC(F)(F)C1=CC=C[SH]1c1ccnc(Cl)c1. The maximum Gasteiger partial charge on any atom is 0.421 e. The first-order valence-corrected chi connectivity index (χ1v) is 6.14. The van der Waals surface area contributed by atoms with E-state index in [4.69, 9.17) is 11.6 Å². The molecule has 0 fully saturated rings. The van der Waals surface area contributed by atoms with Gasteiger partial charge in [-0.15, -0.1) is 0 Å². The highest BCUT2D eigenvalue weighted by atomic mass is 35.5. The summed E-state index contributed by atoms with van der Waals surface area (Å²) in [5.41, 5.74) is 0. The van der Waals surface area contributed by atoms with E-state index in [9.17, 15) is 13.2 Å². The van der Waals surface area contributed by atoms with E-state index < -0.39 is 22.0 Å². The van der Waals surface area contributed by atoms with Gasteiger partial charge in [0.15, 0.2) is 0 Å². The van der Waals surface area contributed by atoms with Gasteiger partial charge < -0.3 is 0 Å². The number of thiol groups is 1. The first-order valence-electron chi connectivity index (χ1n) is 4.35. The summed E-state index contributed by atoms with van der Waals surface area (Å²) in [6.07, 6.45) is -0.325. The summed E-state index contributed by atoms with van der Waals surface area (Å²) in [5, 5.41) is 1.77. The molecule has 0 N–H and O–H groups in total. The predicted molar refractivity (Wildman–Crippen MR) is 59.8 cm³/mol. The van der Waals surface area contributed by atoms with Crippen molar-refractivity contribution in [1.29, 1.82) is 0 Å². The van der Waals surface area contributed by atoms with E-state index in [2.05, 4.69) is 4.98 Å². The van der Waals surface area contributed by atoms with Gasteiger partial charge in [-0.1, -0.05) is 17.7 Å².